The van der Waals surface area contributed by atoms with Crippen molar-refractivity contribution < 1.29 is 14.9 Å². The summed E-state index contributed by atoms with van der Waals surface area (Å²) in [5, 5.41) is 16.3. The van der Waals surface area contributed by atoms with E-state index in [1.165, 1.54) is 0 Å². The van der Waals surface area contributed by atoms with E-state index in [4.69, 9.17) is 14.9 Å². The lowest BCUT2D eigenvalue weighted by atomic mass is 10.4. The molecule has 0 spiro atoms. The molecule has 0 aliphatic carbocycles. The van der Waals surface area contributed by atoms with Crippen LogP contribution >= 0.6 is 0 Å². The molecule has 0 aromatic heterocycles. The molecule has 0 fully saturated rings. The molecule has 3 heteroatoms. The SMILES string of the molecule is CCCCO.CCCCOCCO. The number of aliphatic hydroxyl groups is 2. The van der Waals surface area contributed by atoms with Crippen molar-refractivity contribution in [3.8, 4) is 0 Å². The van der Waals surface area contributed by atoms with Crippen molar-refractivity contribution in [2.75, 3.05) is 26.4 Å². The quantitative estimate of drug-likeness (QED) is 0.602. The molecule has 0 saturated heterocycles. The van der Waals surface area contributed by atoms with Crippen LogP contribution in [0.5, 0.6) is 0 Å². The topological polar surface area (TPSA) is 49.7 Å². The van der Waals surface area contributed by atoms with Crippen molar-refractivity contribution in [3.05, 3.63) is 0 Å². The number of hydrogen-bond acceptors (Lipinski definition) is 3. The van der Waals surface area contributed by atoms with E-state index in [9.17, 15) is 0 Å². The van der Waals surface area contributed by atoms with E-state index in [-0.39, 0.29) is 6.61 Å². The molecule has 0 atom stereocenters. The Hall–Kier alpha value is -0.120. The van der Waals surface area contributed by atoms with Gasteiger partial charge in [-0.2, -0.15) is 0 Å². The van der Waals surface area contributed by atoms with Gasteiger partial charge in [-0.15, -0.1) is 0 Å². The normalized spacial score (nSPS) is 9.23. The molecule has 0 amide bonds. The zero-order valence-corrected chi connectivity index (χ0v) is 8.96. The first kappa shape index (κ1) is 15.4. The van der Waals surface area contributed by atoms with Gasteiger partial charge in [-0.25, -0.2) is 0 Å². The average molecular weight is 192 g/mol. The maximum atomic E-state index is 8.24. The Kier molecular flexibility index (Phi) is 21.1. The predicted octanol–water partition coefficient (Wildman–Crippen LogP) is 1.57. The van der Waals surface area contributed by atoms with Crippen molar-refractivity contribution in [2.45, 2.75) is 39.5 Å². The van der Waals surface area contributed by atoms with Crippen molar-refractivity contribution in [2.24, 2.45) is 0 Å². The maximum Gasteiger partial charge on any atom is 0.0697 e. The summed E-state index contributed by atoms with van der Waals surface area (Å²) in [6.45, 7) is 5.93. The van der Waals surface area contributed by atoms with Gasteiger partial charge < -0.3 is 14.9 Å². The van der Waals surface area contributed by atoms with E-state index in [0.29, 0.717) is 13.2 Å². The van der Waals surface area contributed by atoms with Crippen molar-refractivity contribution in [3.63, 3.8) is 0 Å². The molecule has 0 heterocycles. The third kappa shape index (κ3) is 24.5. The van der Waals surface area contributed by atoms with Gasteiger partial charge in [0.15, 0.2) is 0 Å². The van der Waals surface area contributed by atoms with E-state index >= 15 is 0 Å². The fourth-order valence-corrected chi connectivity index (χ4v) is 0.571. The second-order valence-corrected chi connectivity index (χ2v) is 2.77. The van der Waals surface area contributed by atoms with Gasteiger partial charge in [-0.05, 0) is 12.8 Å². The van der Waals surface area contributed by atoms with Crippen LogP contribution < -0.4 is 0 Å². The molecule has 0 bridgehead atoms. The number of rotatable bonds is 7. The zero-order chi connectivity index (χ0) is 10.4. The molecule has 0 saturated carbocycles. The first-order valence-corrected chi connectivity index (χ1v) is 5.12. The van der Waals surface area contributed by atoms with Crippen LogP contribution in [-0.4, -0.2) is 36.6 Å². The van der Waals surface area contributed by atoms with Crippen molar-refractivity contribution in [1.82, 2.24) is 0 Å². The minimum atomic E-state index is 0.143. The van der Waals surface area contributed by atoms with Crippen LogP contribution in [0.2, 0.25) is 0 Å². The van der Waals surface area contributed by atoms with Crippen LogP contribution in [0.15, 0.2) is 0 Å². The third-order valence-electron chi connectivity index (χ3n) is 1.39. The van der Waals surface area contributed by atoms with Crippen LogP contribution in [0.3, 0.4) is 0 Å². The summed E-state index contributed by atoms with van der Waals surface area (Å²) in [4.78, 5) is 0. The highest BCUT2D eigenvalue weighted by Gasteiger charge is 1.82. The second-order valence-electron chi connectivity index (χ2n) is 2.77. The van der Waals surface area contributed by atoms with Crippen molar-refractivity contribution in [1.29, 1.82) is 0 Å². The molecule has 2 N–H and O–H groups in total. The fourth-order valence-electron chi connectivity index (χ4n) is 0.571. The molecular formula is C10H24O3. The summed E-state index contributed by atoms with van der Waals surface area (Å²) < 4.78 is 4.97. The summed E-state index contributed by atoms with van der Waals surface area (Å²) in [5.74, 6) is 0. The van der Waals surface area contributed by atoms with Gasteiger partial charge >= 0.3 is 0 Å². The van der Waals surface area contributed by atoms with Gasteiger partial charge in [0.05, 0.1) is 13.2 Å². The first-order chi connectivity index (χ1) is 6.33. The summed E-state index contributed by atoms with van der Waals surface area (Å²) in [7, 11) is 0. The largest absolute Gasteiger partial charge is 0.396 e. The van der Waals surface area contributed by atoms with Crippen LogP contribution in [0.4, 0.5) is 0 Å². The summed E-state index contributed by atoms with van der Waals surface area (Å²) in [5.41, 5.74) is 0. The smallest absolute Gasteiger partial charge is 0.0697 e. The molecule has 82 valence electrons. The van der Waals surface area contributed by atoms with Crippen LogP contribution in [0, 0.1) is 0 Å². The van der Waals surface area contributed by atoms with E-state index in [2.05, 4.69) is 13.8 Å². The Bertz CT molecular complexity index is 59.2. The Morgan fingerprint density at radius 3 is 1.77 bits per heavy atom. The molecule has 0 aromatic carbocycles. The summed E-state index contributed by atoms with van der Waals surface area (Å²) in [6, 6.07) is 0. The second kappa shape index (κ2) is 17.8. The van der Waals surface area contributed by atoms with Gasteiger partial charge in [0.2, 0.25) is 0 Å². The Balaban J connectivity index is 0. The minimum absolute atomic E-state index is 0.143. The molecular weight excluding hydrogens is 168 g/mol. The molecule has 0 rings (SSSR count). The standard InChI is InChI=1S/C6H14O2.C4H10O/c1-2-3-5-8-6-4-7;1-2-3-4-5/h7H,2-6H2,1H3;5H,2-4H2,1H3. The molecule has 0 aromatic rings. The number of unbranched alkanes of at least 4 members (excludes halogenated alkanes) is 2. The Labute approximate surface area is 81.7 Å². The lowest BCUT2D eigenvalue weighted by molar-refractivity contribution is 0.0904. The lowest BCUT2D eigenvalue weighted by Crippen LogP contribution is -1.99. The molecule has 0 aliphatic rings. The molecule has 13 heavy (non-hydrogen) atoms. The predicted molar refractivity (Wildman–Crippen MR) is 54.8 cm³/mol. The summed E-state index contributed by atoms with van der Waals surface area (Å²) >= 11 is 0. The average Bonchev–Trinajstić information content (AvgIpc) is 2.15. The van der Waals surface area contributed by atoms with Crippen LogP contribution in [0.1, 0.15) is 39.5 Å². The number of aliphatic hydroxyl groups excluding tert-OH is 2. The fraction of sp³-hybridized carbons (Fsp3) is 1.00. The maximum absolute atomic E-state index is 8.24. The monoisotopic (exact) mass is 192 g/mol. The van der Waals surface area contributed by atoms with E-state index in [1.807, 2.05) is 0 Å². The lowest BCUT2D eigenvalue weighted by Gasteiger charge is -1.97. The Morgan fingerprint density at radius 1 is 0.846 bits per heavy atom. The number of hydrogen-bond donors (Lipinski definition) is 2. The van der Waals surface area contributed by atoms with E-state index < -0.39 is 0 Å². The zero-order valence-electron chi connectivity index (χ0n) is 8.96. The van der Waals surface area contributed by atoms with Gasteiger partial charge in [0, 0.05) is 13.2 Å². The molecule has 0 unspecified atom stereocenters. The highest BCUT2D eigenvalue weighted by Crippen LogP contribution is 1.85. The highest BCUT2D eigenvalue weighted by atomic mass is 16.5. The third-order valence-corrected chi connectivity index (χ3v) is 1.39. The summed E-state index contributed by atoms with van der Waals surface area (Å²) in [6.07, 6.45) is 4.29. The van der Waals surface area contributed by atoms with E-state index in [0.717, 1.165) is 32.3 Å². The first-order valence-electron chi connectivity index (χ1n) is 5.12. The Morgan fingerprint density at radius 2 is 1.46 bits per heavy atom. The van der Waals surface area contributed by atoms with Crippen molar-refractivity contribution >= 4 is 0 Å². The van der Waals surface area contributed by atoms with Gasteiger partial charge in [0.25, 0.3) is 0 Å². The van der Waals surface area contributed by atoms with Gasteiger partial charge in [-0.3, -0.25) is 0 Å². The van der Waals surface area contributed by atoms with Gasteiger partial charge in [-0.1, -0.05) is 26.7 Å². The van der Waals surface area contributed by atoms with E-state index in [1.54, 1.807) is 0 Å². The molecule has 3 nitrogen and oxygen atoms in total. The van der Waals surface area contributed by atoms with Crippen LogP contribution in [0.25, 0.3) is 0 Å². The minimum Gasteiger partial charge on any atom is -0.396 e. The highest BCUT2D eigenvalue weighted by molar-refractivity contribution is 4.30. The number of ether oxygens (including phenoxy) is 1. The molecule has 0 radical (unpaired) electrons. The molecule has 0 aliphatic heterocycles. The van der Waals surface area contributed by atoms with Crippen LogP contribution in [-0.2, 0) is 4.74 Å². The van der Waals surface area contributed by atoms with Gasteiger partial charge in [0.1, 0.15) is 0 Å².